The number of nitrogens with one attached hydrogen (secondary N) is 1. The number of urea groups is 1. The summed E-state index contributed by atoms with van der Waals surface area (Å²) in [5, 5.41) is 3.01. The van der Waals surface area contributed by atoms with Crippen LogP contribution in [0.25, 0.3) is 0 Å². The fourth-order valence-electron chi connectivity index (χ4n) is 3.05. The zero-order chi connectivity index (χ0) is 18.5. The molecule has 138 valence electrons. The molecule has 1 aromatic heterocycles. The standard InChI is InChI=1S/C19H23FN4O2/c1-14(15-4-3-5-16(12-15)26-2)22-19(25)24-10-8-23(9-11-24)18-6-7-21-13-17(18)20/h3-7,12-14H,8-11H2,1-2H3,(H,22,25)/t14-/m1/s1. The van der Waals surface area contributed by atoms with Crippen LogP contribution in [0.2, 0.25) is 0 Å². The summed E-state index contributed by atoms with van der Waals surface area (Å²) in [7, 11) is 1.62. The van der Waals surface area contributed by atoms with E-state index in [0.717, 1.165) is 11.3 Å². The van der Waals surface area contributed by atoms with Crippen LogP contribution in [-0.4, -0.2) is 49.2 Å². The average Bonchev–Trinajstić information content (AvgIpc) is 2.68. The van der Waals surface area contributed by atoms with Gasteiger partial charge in [-0.3, -0.25) is 4.98 Å². The Morgan fingerprint density at radius 3 is 2.73 bits per heavy atom. The van der Waals surface area contributed by atoms with E-state index in [4.69, 9.17) is 4.74 Å². The van der Waals surface area contributed by atoms with Crippen molar-refractivity contribution in [2.75, 3.05) is 38.2 Å². The van der Waals surface area contributed by atoms with E-state index in [1.807, 2.05) is 36.1 Å². The summed E-state index contributed by atoms with van der Waals surface area (Å²) in [4.78, 5) is 20.0. The number of ether oxygens (including phenoxy) is 1. The Bertz CT molecular complexity index is 763. The van der Waals surface area contributed by atoms with Crippen molar-refractivity contribution in [1.82, 2.24) is 15.2 Å². The minimum atomic E-state index is -0.336. The highest BCUT2D eigenvalue weighted by Gasteiger charge is 2.23. The molecule has 26 heavy (non-hydrogen) atoms. The van der Waals surface area contributed by atoms with Crippen molar-refractivity contribution < 1.29 is 13.9 Å². The molecule has 1 atom stereocenters. The monoisotopic (exact) mass is 358 g/mol. The predicted octanol–water partition coefficient (Wildman–Crippen LogP) is 2.82. The number of pyridine rings is 1. The van der Waals surface area contributed by atoms with Crippen LogP contribution < -0.4 is 15.0 Å². The first-order valence-electron chi connectivity index (χ1n) is 8.62. The number of nitrogens with zero attached hydrogens (tertiary/aromatic N) is 3. The lowest BCUT2D eigenvalue weighted by Crippen LogP contribution is -2.52. The number of hydrogen-bond donors (Lipinski definition) is 1. The van der Waals surface area contributed by atoms with Gasteiger partial charge in [0, 0.05) is 32.4 Å². The normalized spacial score (nSPS) is 15.5. The van der Waals surface area contributed by atoms with E-state index in [2.05, 4.69) is 10.3 Å². The van der Waals surface area contributed by atoms with Crippen molar-refractivity contribution in [3.05, 3.63) is 54.1 Å². The number of rotatable bonds is 4. The van der Waals surface area contributed by atoms with E-state index in [0.29, 0.717) is 31.9 Å². The van der Waals surface area contributed by atoms with Crippen LogP contribution in [0, 0.1) is 5.82 Å². The topological polar surface area (TPSA) is 57.7 Å². The lowest BCUT2D eigenvalue weighted by atomic mass is 10.1. The van der Waals surface area contributed by atoms with Gasteiger partial charge in [-0.1, -0.05) is 12.1 Å². The van der Waals surface area contributed by atoms with E-state index in [1.165, 1.54) is 6.20 Å². The third kappa shape index (κ3) is 4.04. The van der Waals surface area contributed by atoms with Gasteiger partial charge in [-0.2, -0.15) is 0 Å². The molecule has 0 aliphatic carbocycles. The number of aromatic nitrogens is 1. The molecule has 2 heterocycles. The summed E-state index contributed by atoms with van der Waals surface area (Å²) in [6.07, 6.45) is 2.79. The number of hydrogen-bond acceptors (Lipinski definition) is 4. The smallest absolute Gasteiger partial charge is 0.317 e. The van der Waals surface area contributed by atoms with Crippen LogP contribution in [0.4, 0.5) is 14.9 Å². The van der Waals surface area contributed by atoms with E-state index in [-0.39, 0.29) is 17.9 Å². The molecule has 0 saturated carbocycles. The van der Waals surface area contributed by atoms with Crippen LogP contribution in [0.3, 0.4) is 0 Å². The van der Waals surface area contributed by atoms with Gasteiger partial charge in [0.05, 0.1) is 25.0 Å². The molecule has 1 N–H and O–H groups in total. The molecule has 1 aliphatic heterocycles. The second kappa shape index (κ2) is 8.03. The number of amides is 2. The van der Waals surface area contributed by atoms with Crippen molar-refractivity contribution >= 4 is 11.7 Å². The summed E-state index contributed by atoms with van der Waals surface area (Å²) in [6.45, 7) is 4.19. The third-order valence-corrected chi connectivity index (χ3v) is 4.59. The van der Waals surface area contributed by atoms with Crippen molar-refractivity contribution in [3.8, 4) is 5.75 Å². The summed E-state index contributed by atoms with van der Waals surface area (Å²) < 4.78 is 19.1. The van der Waals surface area contributed by atoms with Gasteiger partial charge in [0.1, 0.15) is 5.75 Å². The lowest BCUT2D eigenvalue weighted by molar-refractivity contribution is 0.191. The molecule has 1 saturated heterocycles. The molecule has 1 fully saturated rings. The van der Waals surface area contributed by atoms with Crippen LogP contribution >= 0.6 is 0 Å². The highest BCUT2D eigenvalue weighted by atomic mass is 19.1. The molecular formula is C19H23FN4O2. The number of carbonyl (C=O) groups is 1. The number of carbonyl (C=O) groups excluding carboxylic acids is 1. The van der Waals surface area contributed by atoms with Crippen LogP contribution in [0.15, 0.2) is 42.7 Å². The molecule has 6 nitrogen and oxygen atoms in total. The van der Waals surface area contributed by atoms with Gasteiger partial charge in [0.2, 0.25) is 0 Å². The third-order valence-electron chi connectivity index (χ3n) is 4.59. The van der Waals surface area contributed by atoms with Crippen molar-refractivity contribution in [3.63, 3.8) is 0 Å². The van der Waals surface area contributed by atoms with E-state index in [9.17, 15) is 9.18 Å². The minimum absolute atomic E-state index is 0.116. The lowest BCUT2D eigenvalue weighted by Gasteiger charge is -2.36. The largest absolute Gasteiger partial charge is 0.497 e. The van der Waals surface area contributed by atoms with Gasteiger partial charge in [0.15, 0.2) is 5.82 Å². The SMILES string of the molecule is COc1cccc([C@@H](C)NC(=O)N2CCN(c3ccncc3F)CC2)c1. The molecule has 0 radical (unpaired) electrons. The van der Waals surface area contributed by atoms with E-state index >= 15 is 0 Å². The zero-order valence-electron chi connectivity index (χ0n) is 15.0. The van der Waals surface area contributed by atoms with Gasteiger partial charge in [0.25, 0.3) is 0 Å². The first-order valence-corrected chi connectivity index (χ1v) is 8.62. The van der Waals surface area contributed by atoms with E-state index in [1.54, 1.807) is 24.3 Å². The second-order valence-electron chi connectivity index (χ2n) is 6.25. The molecule has 1 aromatic carbocycles. The first-order chi connectivity index (χ1) is 12.6. The summed E-state index contributed by atoms with van der Waals surface area (Å²) in [6, 6.07) is 9.06. The highest BCUT2D eigenvalue weighted by Crippen LogP contribution is 2.21. The van der Waals surface area contributed by atoms with Crippen molar-refractivity contribution in [2.24, 2.45) is 0 Å². The quantitative estimate of drug-likeness (QED) is 0.913. The number of halogens is 1. The summed E-state index contributed by atoms with van der Waals surface area (Å²) in [5.41, 5.74) is 1.51. The second-order valence-corrected chi connectivity index (χ2v) is 6.25. The van der Waals surface area contributed by atoms with Crippen LogP contribution in [0.5, 0.6) is 5.75 Å². The number of piperazine rings is 1. The molecule has 2 amide bonds. The maximum Gasteiger partial charge on any atom is 0.317 e. The van der Waals surface area contributed by atoms with Gasteiger partial charge >= 0.3 is 6.03 Å². The molecule has 0 spiro atoms. The molecular weight excluding hydrogens is 335 g/mol. The summed E-state index contributed by atoms with van der Waals surface area (Å²) in [5.74, 6) is 0.425. The molecule has 3 rings (SSSR count). The summed E-state index contributed by atoms with van der Waals surface area (Å²) >= 11 is 0. The Kier molecular flexibility index (Phi) is 5.55. The maximum absolute atomic E-state index is 13.8. The van der Waals surface area contributed by atoms with Crippen molar-refractivity contribution in [2.45, 2.75) is 13.0 Å². The van der Waals surface area contributed by atoms with E-state index < -0.39 is 0 Å². The van der Waals surface area contributed by atoms with Crippen molar-refractivity contribution in [1.29, 1.82) is 0 Å². The van der Waals surface area contributed by atoms with Crippen LogP contribution in [-0.2, 0) is 0 Å². The average molecular weight is 358 g/mol. The highest BCUT2D eigenvalue weighted by molar-refractivity contribution is 5.75. The maximum atomic E-state index is 13.8. The number of methoxy groups -OCH3 is 1. The Morgan fingerprint density at radius 2 is 2.04 bits per heavy atom. The molecule has 2 aromatic rings. The zero-order valence-corrected chi connectivity index (χ0v) is 15.0. The fourth-order valence-corrected chi connectivity index (χ4v) is 3.05. The fraction of sp³-hybridized carbons (Fsp3) is 0.368. The molecule has 0 unspecified atom stereocenters. The molecule has 7 heteroatoms. The first kappa shape index (κ1) is 18.0. The number of benzene rings is 1. The Morgan fingerprint density at radius 1 is 1.27 bits per heavy atom. The van der Waals surface area contributed by atoms with Crippen LogP contribution in [0.1, 0.15) is 18.5 Å². The Hall–Kier alpha value is -2.83. The Balaban J connectivity index is 1.56. The van der Waals surface area contributed by atoms with Gasteiger partial charge in [-0.15, -0.1) is 0 Å². The van der Waals surface area contributed by atoms with Gasteiger partial charge < -0.3 is 19.9 Å². The predicted molar refractivity (Wildman–Crippen MR) is 97.9 cm³/mol. The minimum Gasteiger partial charge on any atom is -0.497 e. The van der Waals surface area contributed by atoms with Gasteiger partial charge in [-0.05, 0) is 30.7 Å². The molecule has 1 aliphatic rings. The Labute approximate surface area is 152 Å². The van der Waals surface area contributed by atoms with Gasteiger partial charge in [-0.25, -0.2) is 9.18 Å². The number of anilines is 1. The molecule has 0 bridgehead atoms.